The van der Waals surface area contributed by atoms with Crippen LogP contribution in [0.4, 0.5) is 10.7 Å². The summed E-state index contributed by atoms with van der Waals surface area (Å²) in [7, 11) is 0. The first-order valence-corrected chi connectivity index (χ1v) is 10.5. The molecule has 1 N–H and O–H groups in total. The van der Waals surface area contributed by atoms with Gasteiger partial charge in [0.2, 0.25) is 0 Å². The van der Waals surface area contributed by atoms with Crippen molar-refractivity contribution in [3.05, 3.63) is 54.9 Å². The molecule has 1 heterocycles. The van der Waals surface area contributed by atoms with Gasteiger partial charge in [-0.1, -0.05) is 18.5 Å². The van der Waals surface area contributed by atoms with Crippen LogP contribution in [0.25, 0.3) is 0 Å². The molecule has 0 saturated heterocycles. The molecule has 2 aromatic rings. The van der Waals surface area contributed by atoms with Crippen LogP contribution >= 0.6 is 22.9 Å². The van der Waals surface area contributed by atoms with Gasteiger partial charge in [-0.05, 0) is 56.7 Å². The van der Waals surface area contributed by atoms with E-state index in [1.54, 1.807) is 13.8 Å². The molecule has 3 rings (SSSR count). The summed E-state index contributed by atoms with van der Waals surface area (Å²) in [6, 6.07) is 3.79. The first-order chi connectivity index (χ1) is 13.7. The lowest BCUT2D eigenvalue weighted by molar-refractivity contribution is -0.385. The van der Waals surface area contributed by atoms with Crippen LogP contribution in [0.2, 0.25) is 5.02 Å². The number of benzene rings is 1. The third-order valence-electron chi connectivity index (χ3n) is 4.69. The Morgan fingerprint density at radius 1 is 1.38 bits per heavy atom. The van der Waals surface area contributed by atoms with E-state index in [4.69, 9.17) is 16.3 Å². The zero-order chi connectivity index (χ0) is 21.3. The number of amides is 1. The molecule has 0 radical (unpaired) electrons. The fraction of sp³-hybridized carbons (Fsp3) is 0.400. The average Bonchev–Trinajstić information content (AvgIpc) is 2.97. The summed E-state index contributed by atoms with van der Waals surface area (Å²) in [6.45, 7) is 5.65. The normalized spacial score (nSPS) is 15.7. The highest BCUT2D eigenvalue weighted by atomic mass is 35.5. The number of esters is 1. The summed E-state index contributed by atoms with van der Waals surface area (Å²) in [5.41, 5.74) is 0.733. The van der Waals surface area contributed by atoms with Crippen LogP contribution in [-0.4, -0.2) is 22.9 Å². The molecule has 29 heavy (non-hydrogen) atoms. The number of nitro groups is 1. The van der Waals surface area contributed by atoms with E-state index in [0.717, 1.165) is 29.7 Å². The zero-order valence-corrected chi connectivity index (χ0v) is 17.9. The Kier molecular flexibility index (Phi) is 6.24. The molecule has 0 fully saturated rings. The van der Waals surface area contributed by atoms with Crippen LogP contribution in [0.5, 0.6) is 0 Å². The second kappa shape index (κ2) is 8.51. The number of fused-ring (bicyclic) bond motifs is 1. The van der Waals surface area contributed by atoms with E-state index >= 15 is 0 Å². The zero-order valence-electron chi connectivity index (χ0n) is 16.3. The molecule has 1 amide bonds. The fourth-order valence-electron chi connectivity index (χ4n) is 3.35. The summed E-state index contributed by atoms with van der Waals surface area (Å²) in [5, 5.41) is 14.5. The predicted molar refractivity (Wildman–Crippen MR) is 112 cm³/mol. The van der Waals surface area contributed by atoms with E-state index in [-0.39, 0.29) is 22.4 Å². The summed E-state index contributed by atoms with van der Waals surface area (Å²) >= 11 is 7.26. The van der Waals surface area contributed by atoms with Crippen molar-refractivity contribution in [1.82, 2.24) is 0 Å². The number of nitrogens with one attached hydrogen (secondary N) is 1. The van der Waals surface area contributed by atoms with Crippen LogP contribution < -0.4 is 5.32 Å². The highest BCUT2D eigenvalue weighted by Gasteiger charge is 2.31. The lowest BCUT2D eigenvalue weighted by Crippen LogP contribution is -2.19. The third-order valence-corrected chi connectivity index (χ3v) is 6.09. The van der Waals surface area contributed by atoms with E-state index in [2.05, 4.69) is 12.2 Å². The van der Waals surface area contributed by atoms with E-state index < -0.39 is 16.8 Å². The molecular weight excluding hydrogens is 416 g/mol. The number of carbonyl (C=O) groups is 2. The van der Waals surface area contributed by atoms with Gasteiger partial charge in [-0.15, -0.1) is 11.3 Å². The number of carbonyl (C=O) groups excluding carboxylic acids is 2. The molecule has 0 spiro atoms. The van der Waals surface area contributed by atoms with Crippen molar-refractivity contribution < 1.29 is 19.2 Å². The maximum atomic E-state index is 12.8. The van der Waals surface area contributed by atoms with E-state index in [9.17, 15) is 19.7 Å². The van der Waals surface area contributed by atoms with E-state index in [1.165, 1.54) is 29.5 Å². The summed E-state index contributed by atoms with van der Waals surface area (Å²) in [5.74, 6) is -0.708. The average molecular weight is 437 g/mol. The van der Waals surface area contributed by atoms with Gasteiger partial charge in [0.25, 0.3) is 11.6 Å². The summed E-state index contributed by atoms with van der Waals surface area (Å²) < 4.78 is 5.38. The number of ether oxygens (including phenoxy) is 1. The molecular formula is C20H21ClN2O5S. The number of rotatable bonds is 5. The molecule has 1 unspecified atom stereocenters. The number of anilines is 1. The van der Waals surface area contributed by atoms with Crippen molar-refractivity contribution in [3.63, 3.8) is 0 Å². The monoisotopic (exact) mass is 436 g/mol. The second-order valence-corrected chi connectivity index (χ2v) is 8.92. The Balaban J connectivity index is 2.01. The standard InChI is InChI=1S/C20H21ClN2O5S/c1-10(2)28-20(25)17-13-6-4-11(3)8-16(13)29-19(17)22-18(24)14-9-12(21)5-7-15(14)23(26)27/h5,7,9-11H,4,6,8H2,1-3H3,(H,22,24). The Hall–Kier alpha value is -2.45. The van der Waals surface area contributed by atoms with Crippen LogP contribution in [0.15, 0.2) is 18.2 Å². The van der Waals surface area contributed by atoms with Gasteiger partial charge >= 0.3 is 5.97 Å². The van der Waals surface area contributed by atoms with Crippen molar-refractivity contribution in [2.45, 2.75) is 46.1 Å². The molecule has 1 aromatic carbocycles. The lowest BCUT2D eigenvalue weighted by Gasteiger charge is -2.18. The SMILES string of the molecule is CC1CCc2c(sc(NC(=O)c3cc(Cl)ccc3[N+](=O)[O-])c2C(=O)OC(C)C)C1. The molecule has 1 aliphatic rings. The number of halogens is 1. The van der Waals surface area contributed by atoms with Gasteiger partial charge in [0.05, 0.1) is 16.6 Å². The molecule has 0 saturated carbocycles. The van der Waals surface area contributed by atoms with Crippen molar-refractivity contribution in [2.24, 2.45) is 5.92 Å². The van der Waals surface area contributed by atoms with E-state index in [1.807, 2.05) is 0 Å². The van der Waals surface area contributed by atoms with Gasteiger partial charge < -0.3 is 10.1 Å². The minimum atomic E-state index is -0.690. The molecule has 0 aliphatic heterocycles. The number of thiophene rings is 1. The molecule has 9 heteroatoms. The summed E-state index contributed by atoms with van der Waals surface area (Å²) in [4.78, 5) is 37.3. The molecule has 7 nitrogen and oxygen atoms in total. The van der Waals surface area contributed by atoms with Crippen molar-refractivity contribution in [1.29, 1.82) is 0 Å². The molecule has 1 atom stereocenters. The highest BCUT2D eigenvalue weighted by molar-refractivity contribution is 7.17. The maximum absolute atomic E-state index is 12.8. The number of hydrogen-bond acceptors (Lipinski definition) is 6. The number of nitrogens with zero attached hydrogens (tertiary/aromatic N) is 1. The fourth-order valence-corrected chi connectivity index (χ4v) is 4.91. The largest absolute Gasteiger partial charge is 0.459 e. The summed E-state index contributed by atoms with van der Waals surface area (Å²) in [6.07, 6.45) is 2.18. The van der Waals surface area contributed by atoms with Crippen molar-refractivity contribution >= 4 is 45.5 Å². The highest BCUT2D eigenvalue weighted by Crippen LogP contribution is 2.40. The Labute approximate surface area is 177 Å². The minimum Gasteiger partial charge on any atom is -0.459 e. The number of hydrogen-bond donors (Lipinski definition) is 1. The topological polar surface area (TPSA) is 98.5 Å². The van der Waals surface area contributed by atoms with Crippen LogP contribution in [0, 0.1) is 16.0 Å². The van der Waals surface area contributed by atoms with Gasteiger partial charge in [-0.25, -0.2) is 4.79 Å². The van der Waals surface area contributed by atoms with Crippen molar-refractivity contribution in [2.75, 3.05) is 5.32 Å². The molecule has 154 valence electrons. The minimum absolute atomic E-state index is 0.162. The first-order valence-electron chi connectivity index (χ1n) is 9.28. The lowest BCUT2D eigenvalue weighted by atomic mass is 9.88. The third kappa shape index (κ3) is 4.59. The van der Waals surface area contributed by atoms with E-state index in [0.29, 0.717) is 16.5 Å². The Bertz CT molecular complexity index is 985. The quantitative estimate of drug-likeness (QED) is 0.392. The smallest absolute Gasteiger partial charge is 0.341 e. The maximum Gasteiger partial charge on any atom is 0.341 e. The molecule has 1 aromatic heterocycles. The predicted octanol–water partition coefficient (Wildman–Crippen LogP) is 5.25. The van der Waals surface area contributed by atoms with Gasteiger partial charge in [0, 0.05) is 16.0 Å². The van der Waals surface area contributed by atoms with Gasteiger partial charge in [-0.3, -0.25) is 14.9 Å². The second-order valence-electron chi connectivity index (χ2n) is 7.38. The Morgan fingerprint density at radius 3 is 2.76 bits per heavy atom. The van der Waals surface area contributed by atoms with Gasteiger partial charge in [-0.2, -0.15) is 0 Å². The first kappa shape index (κ1) is 21.3. The van der Waals surface area contributed by atoms with Crippen LogP contribution in [-0.2, 0) is 17.6 Å². The van der Waals surface area contributed by atoms with Crippen LogP contribution in [0.3, 0.4) is 0 Å². The Morgan fingerprint density at radius 2 is 2.10 bits per heavy atom. The van der Waals surface area contributed by atoms with Gasteiger partial charge in [0.1, 0.15) is 10.6 Å². The number of nitro benzene ring substituents is 1. The van der Waals surface area contributed by atoms with Gasteiger partial charge in [0.15, 0.2) is 0 Å². The van der Waals surface area contributed by atoms with Crippen molar-refractivity contribution in [3.8, 4) is 0 Å². The van der Waals surface area contributed by atoms with Crippen LogP contribution in [0.1, 0.15) is 58.3 Å². The molecule has 0 bridgehead atoms. The molecule has 1 aliphatic carbocycles.